The highest BCUT2D eigenvalue weighted by molar-refractivity contribution is 9.10. The molecule has 1 saturated carbocycles. The minimum atomic E-state index is -0.108. The van der Waals surface area contributed by atoms with Crippen molar-refractivity contribution in [3.63, 3.8) is 0 Å². The van der Waals surface area contributed by atoms with E-state index in [9.17, 15) is 4.79 Å². The van der Waals surface area contributed by atoms with Gasteiger partial charge in [0.2, 0.25) is 0 Å². The molecule has 5 heteroatoms. The third-order valence-corrected chi connectivity index (χ3v) is 3.54. The molecule has 0 saturated heterocycles. The van der Waals surface area contributed by atoms with Crippen molar-refractivity contribution in [2.24, 2.45) is 0 Å². The topological polar surface area (TPSA) is 45.2 Å². The van der Waals surface area contributed by atoms with Crippen LogP contribution in [-0.2, 0) is 0 Å². The summed E-state index contributed by atoms with van der Waals surface area (Å²) in [4.78, 5) is 18.4. The molecule has 1 aliphatic carbocycles. The van der Waals surface area contributed by atoms with Crippen molar-refractivity contribution in [1.82, 2.24) is 15.2 Å². The summed E-state index contributed by atoms with van der Waals surface area (Å²) in [5.41, 5.74) is 0.457. The second-order valence-electron chi connectivity index (χ2n) is 4.46. The third-order valence-electron chi connectivity index (χ3n) is 3.10. The Bertz CT molecular complexity index is 420. The Hall–Kier alpha value is -0.940. The first-order chi connectivity index (χ1) is 8.70. The van der Waals surface area contributed by atoms with Crippen molar-refractivity contribution < 1.29 is 4.79 Å². The number of carbonyl (C=O) groups is 1. The Morgan fingerprint density at radius 3 is 2.94 bits per heavy atom. The molecule has 0 bridgehead atoms. The van der Waals surface area contributed by atoms with E-state index in [1.165, 1.54) is 12.8 Å². The van der Waals surface area contributed by atoms with Crippen LogP contribution in [0, 0.1) is 0 Å². The number of halogens is 1. The van der Waals surface area contributed by atoms with Gasteiger partial charge in [0.05, 0.1) is 0 Å². The van der Waals surface area contributed by atoms with Crippen molar-refractivity contribution in [2.45, 2.75) is 25.8 Å². The number of carbonyl (C=O) groups excluding carboxylic acids is 1. The van der Waals surface area contributed by atoms with Crippen LogP contribution in [0.5, 0.6) is 0 Å². The lowest BCUT2D eigenvalue weighted by molar-refractivity contribution is 0.0943. The van der Waals surface area contributed by atoms with E-state index in [0.29, 0.717) is 16.8 Å². The average Bonchev–Trinajstić information content (AvgIpc) is 3.18. The lowest BCUT2D eigenvalue weighted by Gasteiger charge is -2.19. The third kappa shape index (κ3) is 3.78. The van der Waals surface area contributed by atoms with Crippen LogP contribution in [0.4, 0.5) is 0 Å². The monoisotopic (exact) mass is 311 g/mol. The molecule has 0 unspecified atom stereocenters. The first-order valence-corrected chi connectivity index (χ1v) is 7.15. The van der Waals surface area contributed by atoms with Crippen molar-refractivity contribution in [1.29, 1.82) is 0 Å². The Kier molecular flexibility index (Phi) is 4.72. The molecule has 0 atom stereocenters. The van der Waals surface area contributed by atoms with Gasteiger partial charge in [-0.05, 0) is 47.4 Å². The maximum atomic E-state index is 11.8. The van der Waals surface area contributed by atoms with Crippen LogP contribution < -0.4 is 5.32 Å². The molecular formula is C13H18BrN3O. The molecule has 0 aliphatic heterocycles. The van der Waals surface area contributed by atoms with Gasteiger partial charge in [0, 0.05) is 19.1 Å². The van der Waals surface area contributed by atoms with E-state index in [1.807, 2.05) is 12.1 Å². The van der Waals surface area contributed by atoms with E-state index < -0.39 is 0 Å². The van der Waals surface area contributed by atoms with E-state index in [-0.39, 0.29) is 5.91 Å². The molecule has 1 amide bonds. The maximum absolute atomic E-state index is 11.8. The number of hydrogen-bond acceptors (Lipinski definition) is 3. The van der Waals surface area contributed by atoms with Crippen LogP contribution in [0.15, 0.2) is 22.8 Å². The van der Waals surface area contributed by atoms with E-state index in [0.717, 1.165) is 19.1 Å². The normalized spacial score (nSPS) is 14.8. The van der Waals surface area contributed by atoms with Crippen LogP contribution in [-0.4, -0.2) is 41.5 Å². The lowest BCUT2D eigenvalue weighted by atomic mass is 10.3. The number of likely N-dealkylation sites (N-methyl/N-ethyl adjacent to an activating group) is 1. The summed E-state index contributed by atoms with van der Waals surface area (Å²) >= 11 is 3.26. The van der Waals surface area contributed by atoms with Gasteiger partial charge in [-0.15, -0.1) is 0 Å². The molecule has 98 valence electrons. The summed E-state index contributed by atoms with van der Waals surface area (Å²) in [6.45, 7) is 4.81. The standard InChI is InChI=1S/C13H18BrN3O/c1-2-17(10-6-7-10)9-8-15-13(18)11-4-3-5-12(14)16-11/h3-5,10H,2,6-9H2,1H3,(H,15,18). The summed E-state index contributed by atoms with van der Waals surface area (Å²) in [7, 11) is 0. The van der Waals surface area contributed by atoms with E-state index in [4.69, 9.17) is 0 Å². The molecule has 0 spiro atoms. The second kappa shape index (κ2) is 6.29. The smallest absolute Gasteiger partial charge is 0.269 e. The fourth-order valence-corrected chi connectivity index (χ4v) is 2.32. The molecule has 18 heavy (non-hydrogen) atoms. The minimum Gasteiger partial charge on any atom is -0.349 e. The van der Waals surface area contributed by atoms with Crippen LogP contribution >= 0.6 is 15.9 Å². The quantitative estimate of drug-likeness (QED) is 0.818. The van der Waals surface area contributed by atoms with Gasteiger partial charge in [-0.3, -0.25) is 9.69 Å². The van der Waals surface area contributed by atoms with E-state index in [2.05, 4.69) is 38.1 Å². The van der Waals surface area contributed by atoms with Gasteiger partial charge in [0.15, 0.2) is 0 Å². The van der Waals surface area contributed by atoms with Gasteiger partial charge in [0.1, 0.15) is 10.3 Å². The molecule has 4 nitrogen and oxygen atoms in total. The molecular weight excluding hydrogens is 294 g/mol. The Labute approximate surface area is 116 Å². The van der Waals surface area contributed by atoms with Crippen molar-refractivity contribution >= 4 is 21.8 Å². The van der Waals surface area contributed by atoms with Crippen molar-refractivity contribution in [3.05, 3.63) is 28.5 Å². The van der Waals surface area contributed by atoms with Gasteiger partial charge in [-0.25, -0.2) is 4.98 Å². The average molecular weight is 312 g/mol. The molecule has 2 rings (SSSR count). The van der Waals surface area contributed by atoms with Crippen molar-refractivity contribution in [3.8, 4) is 0 Å². The predicted molar refractivity (Wildman–Crippen MR) is 74.5 cm³/mol. The van der Waals surface area contributed by atoms with Gasteiger partial charge in [-0.1, -0.05) is 13.0 Å². The van der Waals surface area contributed by atoms with Crippen LogP contribution in [0.3, 0.4) is 0 Å². The molecule has 1 heterocycles. The largest absolute Gasteiger partial charge is 0.349 e. The zero-order valence-electron chi connectivity index (χ0n) is 10.5. The summed E-state index contributed by atoms with van der Waals surface area (Å²) in [5, 5.41) is 2.91. The van der Waals surface area contributed by atoms with Crippen LogP contribution in [0.2, 0.25) is 0 Å². The molecule has 0 aromatic carbocycles. The van der Waals surface area contributed by atoms with E-state index >= 15 is 0 Å². The summed E-state index contributed by atoms with van der Waals surface area (Å²) in [6.07, 6.45) is 2.60. The number of nitrogens with one attached hydrogen (secondary N) is 1. The van der Waals surface area contributed by atoms with Gasteiger partial charge in [-0.2, -0.15) is 0 Å². The zero-order chi connectivity index (χ0) is 13.0. The maximum Gasteiger partial charge on any atom is 0.269 e. The number of hydrogen-bond donors (Lipinski definition) is 1. The summed E-state index contributed by atoms with van der Waals surface area (Å²) in [5.74, 6) is -0.108. The summed E-state index contributed by atoms with van der Waals surface area (Å²) < 4.78 is 0.684. The number of aromatic nitrogens is 1. The molecule has 1 aromatic heterocycles. The Morgan fingerprint density at radius 1 is 1.56 bits per heavy atom. The van der Waals surface area contributed by atoms with Gasteiger partial charge in [0.25, 0.3) is 5.91 Å². The first kappa shape index (κ1) is 13.5. The highest BCUT2D eigenvalue weighted by Crippen LogP contribution is 2.25. The van der Waals surface area contributed by atoms with Gasteiger partial charge < -0.3 is 5.32 Å². The Morgan fingerprint density at radius 2 is 2.33 bits per heavy atom. The molecule has 0 radical (unpaired) electrons. The lowest BCUT2D eigenvalue weighted by Crippen LogP contribution is -2.36. The fourth-order valence-electron chi connectivity index (χ4n) is 1.98. The first-order valence-electron chi connectivity index (χ1n) is 6.35. The number of rotatable bonds is 6. The number of amides is 1. The Balaban J connectivity index is 1.77. The number of pyridine rings is 1. The fraction of sp³-hybridized carbons (Fsp3) is 0.538. The van der Waals surface area contributed by atoms with Gasteiger partial charge >= 0.3 is 0 Å². The second-order valence-corrected chi connectivity index (χ2v) is 5.27. The molecule has 1 N–H and O–H groups in total. The minimum absolute atomic E-state index is 0.108. The van der Waals surface area contributed by atoms with Crippen molar-refractivity contribution in [2.75, 3.05) is 19.6 Å². The van der Waals surface area contributed by atoms with Crippen LogP contribution in [0.1, 0.15) is 30.3 Å². The highest BCUT2D eigenvalue weighted by atomic mass is 79.9. The van der Waals surface area contributed by atoms with Crippen LogP contribution in [0.25, 0.3) is 0 Å². The predicted octanol–water partition coefficient (Wildman–Crippen LogP) is 2.06. The van der Waals surface area contributed by atoms with E-state index in [1.54, 1.807) is 6.07 Å². The molecule has 1 aromatic rings. The zero-order valence-corrected chi connectivity index (χ0v) is 12.1. The number of nitrogens with zero attached hydrogens (tertiary/aromatic N) is 2. The highest BCUT2D eigenvalue weighted by Gasteiger charge is 2.27. The molecule has 1 fully saturated rings. The molecule has 1 aliphatic rings. The SMILES string of the molecule is CCN(CCNC(=O)c1cccc(Br)n1)C1CC1. The summed E-state index contributed by atoms with van der Waals surface area (Å²) in [6, 6.07) is 6.09.